The standard InChI is InChI=1S/C29H35N5O/c1-5-32(6-2)24-17-13-22(14-18-24)21-30-34-28(31-27-12-10-9-11-26(27)29(34)35)23-15-19-25(20-16-23)33(7-3)8-4/h9-21,28,31H,5-8H2,1-4H3/b30-21+. The number of amides is 1. The summed E-state index contributed by atoms with van der Waals surface area (Å²) in [4.78, 5) is 18.1. The van der Waals surface area contributed by atoms with Gasteiger partial charge in [0.2, 0.25) is 0 Å². The Kier molecular flexibility index (Phi) is 7.70. The Morgan fingerprint density at radius 2 is 1.34 bits per heavy atom. The van der Waals surface area contributed by atoms with Gasteiger partial charge in [-0.05, 0) is 75.2 Å². The van der Waals surface area contributed by atoms with E-state index in [-0.39, 0.29) is 5.91 Å². The molecule has 1 aliphatic heterocycles. The van der Waals surface area contributed by atoms with Gasteiger partial charge in [-0.3, -0.25) is 4.79 Å². The molecule has 0 radical (unpaired) electrons. The molecule has 182 valence electrons. The molecule has 3 aromatic rings. The molecular formula is C29H35N5O. The summed E-state index contributed by atoms with van der Waals surface area (Å²) in [7, 11) is 0. The minimum absolute atomic E-state index is 0.117. The van der Waals surface area contributed by atoms with E-state index in [0.29, 0.717) is 5.56 Å². The van der Waals surface area contributed by atoms with Gasteiger partial charge in [0.05, 0.1) is 11.8 Å². The number of nitrogens with zero attached hydrogens (tertiary/aromatic N) is 4. The molecule has 6 heteroatoms. The SMILES string of the molecule is CCN(CC)c1ccc(/C=N/N2C(=O)c3ccccc3NC2c2ccc(N(CC)CC)cc2)cc1. The Balaban J connectivity index is 1.64. The van der Waals surface area contributed by atoms with Gasteiger partial charge in [0.15, 0.2) is 6.17 Å². The van der Waals surface area contributed by atoms with Gasteiger partial charge in [0.25, 0.3) is 5.91 Å². The van der Waals surface area contributed by atoms with Crippen LogP contribution in [-0.4, -0.2) is 43.3 Å². The summed E-state index contributed by atoms with van der Waals surface area (Å²) in [5.41, 5.74) is 5.73. The fraction of sp³-hybridized carbons (Fsp3) is 0.310. The van der Waals surface area contributed by atoms with E-state index < -0.39 is 6.17 Å². The van der Waals surface area contributed by atoms with Crippen LogP contribution in [0.25, 0.3) is 0 Å². The van der Waals surface area contributed by atoms with Gasteiger partial charge in [0, 0.05) is 43.2 Å². The number of nitrogens with one attached hydrogen (secondary N) is 1. The highest BCUT2D eigenvalue weighted by Crippen LogP contribution is 2.34. The monoisotopic (exact) mass is 469 g/mol. The molecule has 1 aliphatic rings. The van der Waals surface area contributed by atoms with E-state index in [2.05, 4.69) is 84.3 Å². The minimum atomic E-state index is -0.394. The lowest BCUT2D eigenvalue weighted by atomic mass is 10.0. The van der Waals surface area contributed by atoms with Crippen LogP contribution in [0.4, 0.5) is 17.1 Å². The predicted molar refractivity (Wildman–Crippen MR) is 147 cm³/mol. The highest BCUT2D eigenvalue weighted by Gasteiger charge is 2.32. The normalized spacial score (nSPS) is 15.1. The molecule has 1 unspecified atom stereocenters. The van der Waals surface area contributed by atoms with Crippen molar-refractivity contribution in [3.8, 4) is 0 Å². The maximum Gasteiger partial charge on any atom is 0.278 e. The summed E-state index contributed by atoms with van der Waals surface area (Å²) >= 11 is 0. The molecule has 6 nitrogen and oxygen atoms in total. The fourth-order valence-corrected chi connectivity index (χ4v) is 4.53. The molecule has 0 saturated heterocycles. The first-order valence-electron chi connectivity index (χ1n) is 12.5. The molecule has 0 aromatic heterocycles. The van der Waals surface area contributed by atoms with E-state index in [1.165, 1.54) is 11.4 Å². The van der Waals surface area contributed by atoms with Gasteiger partial charge in [-0.2, -0.15) is 5.10 Å². The molecule has 0 saturated carbocycles. The second-order valence-electron chi connectivity index (χ2n) is 8.51. The van der Waals surface area contributed by atoms with E-state index in [1.54, 1.807) is 11.2 Å². The molecule has 3 aromatic carbocycles. The van der Waals surface area contributed by atoms with Crippen LogP contribution >= 0.6 is 0 Å². The maximum absolute atomic E-state index is 13.5. The first-order valence-corrected chi connectivity index (χ1v) is 12.5. The van der Waals surface area contributed by atoms with Crippen molar-refractivity contribution in [1.29, 1.82) is 0 Å². The third-order valence-electron chi connectivity index (χ3n) is 6.59. The molecule has 0 spiro atoms. The molecule has 1 atom stereocenters. The van der Waals surface area contributed by atoms with Crippen LogP contribution in [0.3, 0.4) is 0 Å². The summed E-state index contributed by atoms with van der Waals surface area (Å²) in [6, 6.07) is 24.3. The molecule has 4 rings (SSSR count). The van der Waals surface area contributed by atoms with Crippen LogP contribution in [0.15, 0.2) is 77.9 Å². The Morgan fingerprint density at radius 1 is 0.800 bits per heavy atom. The number of carbonyl (C=O) groups is 1. The lowest BCUT2D eigenvalue weighted by Gasteiger charge is -2.35. The largest absolute Gasteiger partial charge is 0.372 e. The van der Waals surface area contributed by atoms with Gasteiger partial charge in [0.1, 0.15) is 0 Å². The third kappa shape index (κ3) is 5.16. The number of rotatable bonds is 9. The quantitative estimate of drug-likeness (QED) is 0.392. The van der Waals surface area contributed by atoms with E-state index in [9.17, 15) is 4.79 Å². The summed E-state index contributed by atoms with van der Waals surface area (Å²) in [6.07, 6.45) is 1.37. The van der Waals surface area contributed by atoms with Crippen molar-refractivity contribution in [1.82, 2.24) is 5.01 Å². The Bertz CT molecular complexity index is 1150. The Labute approximate surface area is 208 Å². The van der Waals surface area contributed by atoms with Crippen LogP contribution in [0.1, 0.15) is 55.3 Å². The van der Waals surface area contributed by atoms with Crippen molar-refractivity contribution in [2.24, 2.45) is 5.10 Å². The summed E-state index contributed by atoms with van der Waals surface area (Å²) < 4.78 is 0. The van der Waals surface area contributed by atoms with E-state index >= 15 is 0 Å². The van der Waals surface area contributed by atoms with Crippen molar-refractivity contribution in [3.63, 3.8) is 0 Å². The van der Waals surface area contributed by atoms with Crippen LogP contribution in [-0.2, 0) is 0 Å². The van der Waals surface area contributed by atoms with Crippen LogP contribution in [0.2, 0.25) is 0 Å². The van der Waals surface area contributed by atoms with Gasteiger partial charge in [-0.25, -0.2) is 5.01 Å². The van der Waals surface area contributed by atoms with Crippen molar-refractivity contribution in [3.05, 3.63) is 89.5 Å². The average Bonchev–Trinajstić information content (AvgIpc) is 2.91. The number of carbonyl (C=O) groups excluding carboxylic acids is 1. The van der Waals surface area contributed by atoms with Crippen LogP contribution in [0, 0.1) is 0 Å². The molecule has 1 N–H and O–H groups in total. The van der Waals surface area contributed by atoms with Crippen molar-refractivity contribution < 1.29 is 4.79 Å². The Hall–Kier alpha value is -3.80. The van der Waals surface area contributed by atoms with Crippen molar-refractivity contribution in [2.75, 3.05) is 41.3 Å². The van der Waals surface area contributed by atoms with Crippen LogP contribution < -0.4 is 15.1 Å². The molecule has 1 heterocycles. The summed E-state index contributed by atoms with van der Waals surface area (Å²) in [5.74, 6) is -0.117. The second-order valence-corrected chi connectivity index (χ2v) is 8.51. The summed E-state index contributed by atoms with van der Waals surface area (Å²) in [6.45, 7) is 12.4. The van der Waals surface area contributed by atoms with E-state index in [4.69, 9.17) is 0 Å². The highest BCUT2D eigenvalue weighted by atomic mass is 16.2. The van der Waals surface area contributed by atoms with Gasteiger partial charge in [-0.1, -0.05) is 36.4 Å². The number of benzene rings is 3. The molecule has 0 fully saturated rings. The molecule has 1 amide bonds. The second kappa shape index (κ2) is 11.1. The van der Waals surface area contributed by atoms with Crippen molar-refractivity contribution in [2.45, 2.75) is 33.9 Å². The zero-order chi connectivity index (χ0) is 24.8. The lowest BCUT2D eigenvalue weighted by Crippen LogP contribution is -2.39. The number of para-hydroxylation sites is 1. The maximum atomic E-state index is 13.5. The topological polar surface area (TPSA) is 51.2 Å². The molecule has 0 bridgehead atoms. The average molecular weight is 470 g/mol. The zero-order valence-corrected chi connectivity index (χ0v) is 21.1. The Morgan fingerprint density at radius 3 is 1.91 bits per heavy atom. The first kappa shape index (κ1) is 24.3. The number of anilines is 3. The van der Waals surface area contributed by atoms with Gasteiger partial charge in [-0.15, -0.1) is 0 Å². The van der Waals surface area contributed by atoms with Gasteiger partial charge >= 0.3 is 0 Å². The number of hydrogen-bond donors (Lipinski definition) is 1. The smallest absolute Gasteiger partial charge is 0.278 e. The molecule has 0 aliphatic carbocycles. The fourth-order valence-electron chi connectivity index (χ4n) is 4.53. The molecular weight excluding hydrogens is 434 g/mol. The first-order chi connectivity index (χ1) is 17.1. The van der Waals surface area contributed by atoms with E-state index in [0.717, 1.165) is 43.0 Å². The van der Waals surface area contributed by atoms with E-state index in [1.807, 2.05) is 36.4 Å². The number of fused-ring (bicyclic) bond motifs is 1. The predicted octanol–water partition coefficient (Wildman–Crippen LogP) is 5.98. The van der Waals surface area contributed by atoms with Crippen LogP contribution in [0.5, 0.6) is 0 Å². The number of hydrazone groups is 1. The summed E-state index contributed by atoms with van der Waals surface area (Å²) in [5, 5.41) is 9.73. The molecule has 35 heavy (non-hydrogen) atoms. The van der Waals surface area contributed by atoms with Crippen molar-refractivity contribution >= 4 is 29.2 Å². The number of hydrogen-bond acceptors (Lipinski definition) is 5. The minimum Gasteiger partial charge on any atom is -0.372 e. The highest BCUT2D eigenvalue weighted by molar-refractivity contribution is 6.02. The zero-order valence-electron chi connectivity index (χ0n) is 21.1. The van der Waals surface area contributed by atoms with Gasteiger partial charge < -0.3 is 15.1 Å². The lowest BCUT2D eigenvalue weighted by molar-refractivity contribution is 0.0691. The third-order valence-corrected chi connectivity index (χ3v) is 6.59.